The Bertz CT molecular complexity index is 581. The number of hydrogen-bond donors (Lipinski definition) is 1. The van der Waals surface area contributed by atoms with Gasteiger partial charge in [0, 0.05) is 41.8 Å². The van der Waals surface area contributed by atoms with Gasteiger partial charge in [0.25, 0.3) is 0 Å². The van der Waals surface area contributed by atoms with Crippen LogP contribution >= 0.6 is 22.6 Å². The fourth-order valence-corrected chi connectivity index (χ4v) is 2.70. The third kappa shape index (κ3) is 3.21. The molecule has 1 aliphatic heterocycles. The minimum atomic E-state index is -0.0310. The maximum atomic E-state index is 9.68. The lowest BCUT2D eigenvalue weighted by Gasteiger charge is -2.41. The van der Waals surface area contributed by atoms with Crippen LogP contribution in [0, 0.1) is 3.57 Å². The summed E-state index contributed by atoms with van der Waals surface area (Å²) in [5, 5.41) is 9.68. The van der Waals surface area contributed by atoms with E-state index < -0.39 is 0 Å². The summed E-state index contributed by atoms with van der Waals surface area (Å²) in [7, 11) is 0. The van der Waals surface area contributed by atoms with E-state index in [9.17, 15) is 5.11 Å². The van der Waals surface area contributed by atoms with Crippen LogP contribution in [0.25, 0.3) is 0 Å². The first-order valence-electron chi connectivity index (χ1n) is 6.64. The average Bonchev–Trinajstić information content (AvgIpc) is 2.56. The molecule has 1 fully saturated rings. The Morgan fingerprint density at radius 3 is 2.71 bits per heavy atom. The van der Waals surface area contributed by atoms with Gasteiger partial charge in [-0.05, 0) is 28.7 Å². The molecule has 8 heteroatoms. The van der Waals surface area contributed by atoms with E-state index in [-0.39, 0.29) is 12.6 Å². The van der Waals surface area contributed by atoms with Crippen LogP contribution in [0.4, 0.5) is 11.8 Å². The molecule has 3 heterocycles. The van der Waals surface area contributed by atoms with Crippen LogP contribution in [0.15, 0.2) is 31.0 Å². The zero-order valence-electron chi connectivity index (χ0n) is 11.3. The lowest BCUT2D eigenvalue weighted by Crippen LogP contribution is -2.55. The molecule has 1 saturated heterocycles. The number of anilines is 2. The van der Waals surface area contributed by atoms with Crippen molar-refractivity contribution in [3.63, 3.8) is 0 Å². The maximum Gasteiger partial charge on any atom is 0.225 e. The molecular weight excluding hydrogens is 383 g/mol. The number of piperazine rings is 1. The van der Waals surface area contributed by atoms with E-state index in [0.29, 0.717) is 12.5 Å². The third-order valence-corrected chi connectivity index (χ3v) is 4.00. The Morgan fingerprint density at radius 2 is 2.05 bits per heavy atom. The Labute approximate surface area is 136 Å². The van der Waals surface area contributed by atoms with Crippen LogP contribution in [0.1, 0.15) is 0 Å². The summed E-state index contributed by atoms with van der Waals surface area (Å²) in [6.45, 7) is 2.28. The number of aliphatic hydroxyl groups excluding tert-OH is 1. The van der Waals surface area contributed by atoms with Gasteiger partial charge in [-0.1, -0.05) is 0 Å². The quantitative estimate of drug-likeness (QED) is 0.758. The molecule has 0 amide bonds. The second kappa shape index (κ2) is 6.48. The van der Waals surface area contributed by atoms with Crippen LogP contribution in [-0.2, 0) is 0 Å². The van der Waals surface area contributed by atoms with Crippen molar-refractivity contribution in [1.82, 2.24) is 19.9 Å². The summed E-state index contributed by atoms with van der Waals surface area (Å²) < 4.78 is 1.01. The van der Waals surface area contributed by atoms with E-state index in [4.69, 9.17) is 0 Å². The smallest absolute Gasteiger partial charge is 0.225 e. The number of aromatic nitrogens is 4. The molecule has 21 heavy (non-hydrogen) atoms. The monoisotopic (exact) mass is 398 g/mol. The Hall–Kier alpha value is -1.55. The zero-order chi connectivity index (χ0) is 14.7. The van der Waals surface area contributed by atoms with Crippen LogP contribution in [-0.4, -0.2) is 57.3 Å². The molecule has 1 aliphatic rings. The highest BCUT2D eigenvalue weighted by Gasteiger charge is 2.28. The zero-order valence-corrected chi connectivity index (χ0v) is 13.5. The topological polar surface area (TPSA) is 78.3 Å². The minimum Gasteiger partial charge on any atom is -0.394 e. The standard InChI is InChI=1S/C13H15IN6O/c14-10-5-16-13(17-6-10)19-3-4-20(11(7-19)8-21)12-1-2-15-9-18-12/h1-2,5-6,9,11,21H,3-4,7-8H2/t11-/m1/s1. The number of hydrogen-bond acceptors (Lipinski definition) is 7. The third-order valence-electron chi connectivity index (χ3n) is 3.44. The SMILES string of the molecule is OC[C@H]1CN(c2ncc(I)cn2)CCN1c1ccncn1. The van der Waals surface area contributed by atoms with Crippen LogP contribution in [0.3, 0.4) is 0 Å². The van der Waals surface area contributed by atoms with Crippen molar-refractivity contribution in [2.24, 2.45) is 0 Å². The van der Waals surface area contributed by atoms with Gasteiger partial charge in [0.05, 0.1) is 12.6 Å². The lowest BCUT2D eigenvalue weighted by atomic mass is 10.2. The number of halogens is 1. The summed E-state index contributed by atoms with van der Waals surface area (Å²) in [6.07, 6.45) is 6.84. The van der Waals surface area contributed by atoms with Gasteiger partial charge in [-0.25, -0.2) is 19.9 Å². The van der Waals surface area contributed by atoms with Gasteiger partial charge in [-0.2, -0.15) is 0 Å². The summed E-state index contributed by atoms with van der Waals surface area (Å²) in [4.78, 5) is 21.1. The van der Waals surface area contributed by atoms with Gasteiger partial charge in [-0.15, -0.1) is 0 Å². The van der Waals surface area contributed by atoms with E-state index in [1.165, 1.54) is 6.33 Å². The molecule has 2 aromatic heterocycles. The van der Waals surface area contributed by atoms with Crippen LogP contribution < -0.4 is 9.80 Å². The van der Waals surface area contributed by atoms with Gasteiger partial charge >= 0.3 is 0 Å². The van der Waals surface area contributed by atoms with Crippen LogP contribution in [0.5, 0.6) is 0 Å². The van der Waals surface area contributed by atoms with Crippen LogP contribution in [0.2, 0.25) is 0 Å². The largest absolute Gasteiger partial charge is 0.394 e. The molecule has 7 nitrogen and oxygen atoms in total. The Kier molecular flexibility index (Phi) is 4.44. The van der Waals surface area contributed by atoms with E-state index >= 15 is 0 Å². The molecule has 1 atom stereocenters. The van der Waals surface area contributed by atoms with Crippen molar-refractivity contribution in [3.8, 4) is 0 Å². The molecule has 0 bridgehead atoms. The van der Waals surface area contributed by atoms with Crippen molar-refractivity contribution >= 4 is 34.4 Å². The molecule has 0 radical (unpaired) electrons. The van der Waals surface area contributed by atoms with E-state index in [1.54, 1.807) is 18.6 Å². The molecule has 3 rings (SSSR count). The summed E-state index contributed by atoms with van der Waals surface area (Å²) in [5.41, 5.74) is 0. The van der Waals surface area contributed by atoms with Crippen molar-refractivity contribution in [2.45, 2.75) is 6.04 Å². The highest BCUT2D eigenvalue weighted by molar-refractivity contribution is 14.1. The van der Waals surface area contributed by atoms with E-state index in [1.807, 2.05) is 6.07 Å². The summed E-state index contributed by atoms with van der Waals surface area (Å²) in [6, 6.07) is 1.83. The fraction of sp³-hybridized carbons (Fsp3) is 0.385. The molecule has 1 N–H and O–H groups in total. The van der Waals surface area contributed by atoms with E-state index in [0.717, 1.165) is 22.5 Å². The first-order valence-corrected chi connectivity index (χ1v) is 7.72. The lowest BCUT2D eigenvalue weighted by molar-refractivity contribution is 0.252. The molecular formula is C13H15IN6O. The van der Waals surface area contributed by atoms with Crippen molar-refractivity contribution in [3.05, 3.63) is 34.6 Å². The number of nitrogens with zero attached hydrogens (tertiary/aromatic N) is 6. The highest BCUT2D eigenvalue weighted by Crippen LogP contribution is 2.20. The number of aliphatic hydroxyl groups is 1. The second-order valence-corrected chi connectivity index (χ2v) is 5.99. The predicted molar refractivity (Wildman–Crippen MR) is 87.2 cm³/mol. The molecule has 0 spiro atoms. The molecule has 110 valence electrons. The van der Waals surface area contributed by atoms with Gasteiger partial charge in [-0.3, -0.25) is 0 Å². The maximum absolute atomic E-state index is 9.68. The highest BCUT2D eigenvalue weighted by atomic mass is 127. The van der Waals surface area contributed by atoms with E-state index in [2.05, 4.69) is 52.3 Å². The van der Waals surface area contributed by atoms with Gasteiger partial charge in [0.15, 0.2) is 0 Å². The van der Waals surface area contributed by atoms with Crippen molar-refractivity contribution < 1.29 is 5.11 Å². The van der Waals surface area contributed by atoms with Gasteiger partial charge in [0.1, 0.15) is 12.1 Å². The van der Waals surface area contributed by atoms with Crippen molar-refractivity contribution in [1.29, 1.82) is 0 Å². The summed E-state index contributed by atoms with van der Waals surface area (Å²) >= 11 is 2.18. The van der Waals surface area contributed by atoms with Gasteiger partial charge in [0.2, 0.25) is 5.95 Å². The predicted octanol–water partition coefficient (Wildman–Crippen LogP) is 0.559. The molecule has 2 aromatic rings. The number of rotatable bonds is 3. The van der Waals surface area contributed by atoms with Crippen molar-refractivity contribution in [2.75, 3.05) is 36.0 Å². The van der Waals surface area contributed by atoms with Gasteiger partial charge < -0.3 is 14.9 Å². The second-order valence-electron chi connectivity index (χ2n) is 4.74. The first-order chi connectivity index (χ1) is 10.3. The molecule has 0 unspecified atom stereocenters. The Balaban J connectivity index is 1.76. The summed E-state index contributed by atoms with van der Waals surface area (Å²) in [5.74, 6) is 1.54. The Morgan fingerprint density at radius 1 is 1.24 bits per heavy atom. The molecule has 0 aliphatic carbocycles. The molecule has 0 saturated carbocycles. The minimum absolute atomic E-state index is 0.0310. The normalized spacial score (nSPS) is 18.9. The average molecular weight is 398 g/mol. The first kappa shape index (κ1) is 14.4. The fourth-order valence-electron chi connectivity index (χ4n) is 2.42. The molecule has 0 aromatic carbocycles.